The number of benzene rings is 1. The highest BCUT2D eigenvalue weighted by molar-refractivity contribution is 9.09. The third kappa shape index (κ3) is 1.81. The Morgan fingerprint density at radius 1 is 1.50 bits per heavy atom. The summed E-state index contributed by atoms with van der Waals surface area (Å²) in [5.74, 6) is -0.177. The SMILES string of the molecule is C[C@@H](Br)c1cccc(F)c1. The highest BCUT2D eigenvalue weighted by Crippen LogP contribution is 2.21. The first-order valence-electron chi connectivity index (χ1n) is 3.09. The topological polar surface area (TPSA) is 0 Å². The molecule has 54 valence electrons. The summed E-state index contributed by atoms with van der Waals surface area (Å²) in [5, 5.41) is 0. The van der Waals surface area contributed by atoms with E-state index < -0.39 is 0 Å². The van der Waals surface area contributed by atoms with Gasteiger partial charge in [0.25, 0.3) is 0 Å². The Balaban J connectivity index is 2.96. The first-order chi connectivity index (χ1) is 4.70. The lowest BCUT2D eigenvalue weighted by atomic mass is 10.2. The zero-order valence-electron chi connectivity index (χ0n) is 5.64. The summed E-state index contributed by atoms with van der Waals surface area (Å²) < 4.78 is 12.5. The molecular formula is C8H8BrF. The number of halogens is 2. The van der Waals surface area contributed by atoms with Crippen LogP contribution in [0.2, 0.25) is 0 Å². The minimum absolute atomic E-state index is 0.177. The van der Waals surface area contributed by atoms with Crippen LogP contribution in [0, 0.1) is 5.82 Å². The van der Waals surface area contributed by atoms with Gasteiger partial charge >= 0.3 is 0 Å². The summed E-state index contributed by atoms with van der Waals surface area (Å²) in [4.78, 5) is 0.225. The molecule has 0 heterocycles. The molecule has 0 aliphatic rings. The number of alkyl halides is 1. The third-order valence-electron chi connectivity index (χ3n) is 1.31. The van der Waals surface area contributed by atoms with Gasteiger partial charge in [-0.3, -0.25) is 0 Å². The van der Waals surface area contributed by atoms with Gasteiger partial charge in [0.1, 0.15) is 5.82 Å². The molecule has 0 radical (unpaired) electrons. The average molecular weight is 203 g/mol. The van der Waals surface area contributed by atoms with E-state index in [-0.39, 0.29) is 10.6 Å². The van der Waals surface area contributed by atoms with E-state index in [1.807, 2.05) is 13.0 Å². The van der Waals surface area contributed by atoms with Gasteiger partial charge in [0, 0.05) is 4.83 Å². The second kappa shape index (κ2) is 3.15. The molecule has 0 spiro atoms. The van der Waals surface area contributed by atoms with Crippen LogP contribution in [0.15, 0.2) is 24.3 Å². The van der Waals surface area contributed by atoms with Crippen LogP contribution in [-0.4, -0.2) is 0 Å². The minimum Gasteiger partial charge on any atom is -0.207 e. The molecule has 0 saturated carbocycles. The molecule has 0 amide bonds. The molecule has 2 heteroatoms. The molecule has 10 heavy (non-hydrogen) atoms. The smallest absolute Gasteiger partial charge is 0.123 e. The number of rotatable bonds is 1. The summed E-state index contributed by atoms with van der Waals surface area (Å²) >= 11 is 3.35. The van der Waals surface area contributed by atoms with Crippen LogP contribution in [-0.2, 0) is 0 Å². The highest BCUT2D eigenvalue weighted by Gasteiger charge is 1.99. The van der Waals surface area contributed by atoms with Crippen molar-refractivity contribution in [3.8, 4) is 0 Å². The molecule has 0 aliphatic heterocycles. The monoisotopic (exact) mass is 202 g/mol. The second-order valence-electron chi connectivity index (χ2n) is 2.17. The molecule has 0 aromatic heterocycles. The fourth-order valence-corrected chi connectivity index (χ4v) is 1.04. The first kappa shape index (κ1) is 7.73. The van der Waals surface area contributed by atoms with Gasteiger partial charge in [-0.2, -0.15) is 0 Å². The van der Waals surface area contributed by atoms with Crippen LogP contribution < -0.4 is 0 Å². The van der Waals surface area contributed by atoms with Crippen molar-refractivity contribution in [3.63, 3.8) is 0 Å². The first-order valence-corrected chi connectivity index (χ1v) is 4.01. The molecule has 0 N–H and O–H groups in total. The lowest BCUT2D eigenvalue weighted by molar-refractivity contribution is 0.625. The Kier molecular flexibility index (Phi) is 2.44. The largest absolute Gasteiger partial charge is 0.207 e. The Morgan fingerprint density at radius 3 is 2.60 bits per heavy atom. The van der Waals surface area contributed by atoms with Crippen molar-refractivity contribution >= 4 is 15.9 Å². The molecule has 0 bridgehead atoms. The molecule has 1 rings (SSSR count). The van der Waals surface area contributed by atoms with Crippen LogP contribution in [0.3, 0.4) is 0 Å². The van der Waals surface area contributed by atoms with Crippen LogP contribution >= 0.6 is 15.9 Å². The van der Waals surface area contributed by atoms with Gasteiger partial charge in [0.2, 0.25) is 0 Å². The standard InChI is InChI=1S/C8H8BrF/c1-6(9)7-3-2-4-8(10)5-7/h2-6H,1H3/t6-/m1/s1. The summed E-state index contributed by atoms with van der Waals surface area (Å²) in [7, 11) is 0. The Morgan fingerprint density at radius 2 is 2.20 bits per heavy atom. The van der Waals surface area contributed by atoms with Crippen molar-refractivity contribution in [1.29, 1.82) is 0 Å². The Labute approximate surface area is 68.2 Å². The maximum atomic E-state index is 12.5. The molecule has 1 aromatic carbocycles. The van der Waals surface area contributed by atoms with Gasteiger partial charge in [-0.15, -0.1) is 0 Å². The van der Waals surface area contributed by atoms with Crippen LogP contribution in [0.4, 0.5) is 4.39 Å². The zero-order valence-corrected chi connectivity index (χ0v) is 7.23. The van der Waals surface area contributed by atoms with Crippen molar-refractivity contribution in [2.45, 2.75) is 11.8 Å². The van der Waals surface area contributed by atoms with Gasteiger partial charge < -0.3 is 0 Å². The lowest BCUT2D eigenvalue weighted by Crippen LogP contribution is -1.83. The maximum Gasteiger partial charge on any atom is 0.123 e. The molecule has 0 unspecified atom stereocenters. The summed E-state index contributed by atoms with van der Waals surface area (Å²) in [5.41, 5.74) is 0.972. The Hall–Kier alpha value is -0.370. The minimum atomic E-state index is -0.177. The predicted molar refractivity (Wildman–Crippen MR) is 43.7 cm³/mol. The van der Waals surface area contributed by atoms with Crippen LogP contribution in [0.1, 0.15) is 17.3 Å². The molecule has 0 fully saturated rings. The average Bonchev–Trinajstić information content (AvgIpc) is 1.88. The van der Waals surface area contributed by atoms with Crippen molar-refractivity contribution in [2.75, 3.05) is 0 Å². The second-order valence-corrected chi connectivity index (χ2v) is 3.54. The quantitative estimate of drug-likeness (QED) is 0.614. The van der Waals surface area contributed by atoms with Gasteiger partial charge in [0.15, 0.2) is 0 Å². The van der Waals surface area contributed by atoms with Crippen LogP contribution in [0.5, 0.6) is 0 Å². The summed E-state index contributed by atoms with van der Waals surface area (Å²) in [6.07, 6.45) is 0. The predicted octanol–water partition coefficient (Wildman–Crippen LogP) is 3.28. The summed E-state index contributed by atoms with van der Waals surface area (Å²) in [6, 6.07) is 6.57. The molecule has 1 atom stereocenters. The molecule has 0 saturated heterocycles. The van der Waals surface area contributed by atoms with Gasteiger partial charge in [-0.05, 0) is 24.6 Å². The number of hydrogen-bond donors (Lipinski definition) is 0. The zero-order chi connectivity index (χ0) is 7.56. The molecule has 0 aliphatic carbocycles. The van der Waals surface area contributed by atoms with Gasteiger partial charge in [-0.25, -0.2) is 4.39 Å². The van der Waals surface area contributed by atoms with Crippen molar-refractivity contribution in [3.05, 3.63) is 35.6 Å². The van der Waals surface area contributed by atoms with E-state index in [1.54, 1.807) is 6.07 Å². The van der Waals surface area contributed by atoms with Crippen LogP contribution in [0.25, 0.3) is 0 Å². The van der Waals surface area contributed by atoms with E-state index in [9.17, 15) is 4.39 Å². The fraction of sp³-hybridized carbons (Fsp3) is 0.250. The van der Waals surface area contributed by atoms with E-state index in [0.717, 1.165) is 5.56 Å². The van der Waals surface area contributed by atoms with E-state index in [2.05, 4.69) is 15.9 Å². The van der Waals surface area contributed by atoms with Crippen molar-refractivity contribution < 1.29 is 4.39 Å². The number of hydrogen-bond acceptors (Lipinski definition) is 0. The normalized spacial score (nSPS) is 13.1. The van der Waals surface area contributed by atoms with E-state index in [1.165, 1.54) is 12.1 Å². The van der Waals surface area contributed by atoms with E-state index in [4.69, 9.17) is 0 Å². The van der Waals surface area contributed by atoms with Crippen molar-refractivity contribution in [1.82, 2.24) is 0 Å². The third-order valence-corrected chi connectivity index (χ3v) is 1.84. The van der Waals surface area contributed by atoms with Gasteiger partial charge in [0.05, 0.1) is 0 Å². The highest BCUT2D eigenvalue weighted by atomic mass is 79.9. The maximum absolute atomic E-state index is 12.5. The van der Waals surface area contributed by atoms with Crippen molar-refractivity contribution in [2.24, 2.45) is 0 Å². The fourth-order valence-electron chi connectivity index (χ4n) is 0.754. The molecular weight excluding hydrogens is 195 g/mol. The summed E-state index contributed by atoms with van der Waals surface area (Å²) in [6.45, 7) is 1.97. The van der Waals surface area contributed by atoms with E-state index in [0.29, 0.717) is 0 Å². The van der Waals surface area contributed by atoms with E-state index >= 15 is 0 Å². The molecule has 1 aromatic rings. The molecule has 0 nitrogen and oxygen atoms in total. The van der Waals surface area contributed by atoms with Gasteiger partial charge in [-0.1, -0.05) is 28.1 Å². The lowest BCUT2D eigenvalue weighted by Gasteiger charge is -2.01. The Bertz CT molecular complexity index is 220.